The van der Waals surface area contributed by atoms with Gasteiger partial charge in [0.15, 0.2) is 0 Å². The Balaban J connectivity index is 4.42. The van der Waals surface area contributed by atoms with Gasteiger partial charge in [0.1, 0.15) is 12.1 Å². The summed E-state index contributed by atoms with van der Waals surface area (Å²) >= 11 is 1.81. The lowest BCUT2D eigenvalue weighted by molar-refractivity contribution is -0.141. The summed E-state index contributed by atoms with van der Waals surface area (Å²) in [5.41, 5.74) is 0. The third-order valence-electron chi connectivity index (χ3n) is 3.76. The van der Waals surface area contributed by atoms with Crippen molar-refractivity contribution in [2.75, 3.05) is 29.3 Å². The van der Waals surface area contributed by atoms with Crippen LogP contribution in [0.15, 0.2) is 0 Å². The Hall–Kier alpha value is -0.370. The number of thioether (sulfide) groups is 1. The standard InChI is InChI=1S/C18H32N2O6S5/c1-12(21)19-15(17(23)24)10-29-28-9-7-14(6-4-5-8-27-3)31-30-11-16(18(25)26)20-13(2)22/h14-16H,4-11H2,1-3H3,(H,19,21)(H,20,22)(H,23,24)(H,25,26)/t14-,15+,16+/m1/s1. The van der Waals surface area contributed by atoms with E-state index in [0.29, 0.717) is 11.0 Å². The lowest BCUT2D eigenvalue weighted by atomic mass is 10.2. The molecular weight excluding hydrogens is 501 g/mol. The Kier molecular flexibility index (Phi) is 18.9. The van der Waals surface area contributed by atoms with E-state index in [1.165, 1.54) is 35.4 Å². The highest BCUT2D eigenvalue weighted by Gasteiger charge is 2.20. The molecule has 0 aromatic rings. The van der Waals surface area contributed by atoms with Crippen LogP contribution in [0.2, 0.25) is 0 Å². The molecule has 180 valence electrons. The number of nitrogens with one attached hydrogen (secondary N) is 2. The summed E-state index contributed by atoms with van der Waals surface area (Å²) in [6.07, 6.45) is 6.23. The SMILES string of the molecule is CSCCCC[C@H](CCSSC[C@H](NC(C)=O)C(=O)O)SSC[C@H](NC(C)=O)C(=O)O. The molecule has 0 aliphatic rings. The van der Waals surface area contributed by atoms with E-state index in [9.17, 15) is 24.3 Å². The van der Waals surface area contributed by atoms with Gasteiger partial charge in [-0.05, 0) is 31.3 Å². The van der Waals surface area contributed by atoms with Gasteiger partial charge < -0.3 is 20.8 Å². The van der Waals surface area contributed by atoms with Gasteiger partial charge in [0, 0.05) is 36.4 Å². The van der Waals surface area contributed by atoms with E-state index in [2.05, 4.69) is 16.9 Å². The van der Waals surface area contributed by atoms with E-state index in [-0.39, 0.29) is 17.6 Å². The van der Waals surface area contributed by atoms with Gasteiger partial charge >= 0.3 is 11.9 Å². The average molecular weight is 533 g/mol. The van der Waals surface area contributed by atoms with Crippen molar-refractivity contribution < 1.29 is 29.4 Å². The summed E-state index contributed by atoms with van der Waals surface area (Å²) in [6.45, 7) is 2.60. The fourth-order valence-corrected chi connectivity index (χ4v) is 8.10. The monoisotopic (exact) mass is 532 g/mol. The Morgan fingerprint density at radius 1 is 0.774 bits per heavy atom. The number of aliphatic carboxylic acids is 2. The normalized spacial score (nSPS) is 13.8. The van der Waals surface area contributed by atoms with Gasteiger partial charge in [0.2, 0.25) is 11.8 Å². The van der Waals surface area contributed by atoms with Gasteiger partial charge in [0.25, 0.3) is 0 Å². The van der Waals surface area contributed by atoms with Crippen molar-refractivity contribution in [3.63, 3.8) is 0 Å². The minimum Gasteiger partial charge on any atom is -0.480 e. The highest BCUT2D eigenvalue weighted by atomic mass is 33.1. The molecule has 0 aromatic heterocycles. The number of carbonyl (C=O) groups excluding carboxylic acids is 2. The second kappa shape index (κ2) is 19.1. The van der Waals surface area contributed by atoms with Gasteiger partial charge in [-0.2, -0.15) is 11.8 Å². The summed E-state index contributed by atoms with van der Waals surface area (Å²) in [6, 6.07) is -1.80. The first kappa shape index (κ1) is 30.6. The van der Waals surface area contributed by atoms with E-state index >= 15 is 0 Å². The van der Waals surface area contributed by atoms with Crippen LogP contribution >= 0.6 is 54.9 Å². The van der Waals surface area contributed by atoms with Crippen molar-refractivity contribution in [1.82, 2.24) is 10.6 Å². The first-order chi connectivity index (χ1) is 14.7. The van der Waals surface area contributed by atoms with Crippen LogP contribution in [0.5, 0.6) is 0 Å². The minimum absolute atomic E-state index is 0.289. The Bertz CT molecular complexity index is 570. The molecule has 0 bridgehead atoms. The molecule has 0 aliphatic heterocycles. The summed E-state index contributed by atoms with van der Waals surface area (Å²) < 4.78 is 0. The molecule has 2 amide bonds. The number of carboxylic acid groups (broad SMARTS) is 2. The second-order valence-corrected chi connectivity index (χ2v) is 12.9. The molecule has 0 aromatic carbocycles. The molecular formula is C18H32N2O6S5. The molecule has 0 rings (SSSR count). The fourth-order valence-electron chi connectivity index (χ4n) is 2.26. The van der Waals surface area contributed by atoms with Gasteiger partial charge in [-0.1, -0.05) is 49.6 Å². The van der Waals surface area contributed by atoms with Crippen molar-refractivity contribution in [2.45, 2.75) is 56.9 Å². The zero-order chi connectivity index (χ0) is 23.6. The summed E-state index contributed by atoms with van der Waals surface area (Å²) in [5.74, 6) is -0.302. The summed E-state index contributed by atoms with van der Waals surface area (Å²) in [5, 5.41) is 23.6. The van der Waals surface area contributed by atoms with Crippen LogP contribution in [0.3, 0.4) is 0 Å². The molecule has 13 heteroatoms. The zero-order valence-electron chi connectivity index (χ0n) is 18.0. The topological polar surface area (TPSA) is 133 Å². The van der Waals surface area contributed by atoms with Crippen molar-refractivity contribution in [2.24, 2.45) is 0 Å². The van der Waals surface area contributed by atoms with Crippen LogP contribution in [-0.4, -0.2) is 80.6 Å². The van der Waals surface area contributed by atoms with Crippen LogP contribution in [0.1, 0.15) is 39.5 Å². The van der Waals surface area contributed by atoms with Gasteiger partial charge in [-0.3, -0.25) is 9.59 Å². The highest BCUT2D eigenvalue weighted by molar-refractivity contribution is 8.77. The number of hydrogen-bond donors (Lipinski definition) is 4. The first-order valence-corrected chi connectivity index (χ1v) is 15.9. The van der Waals surface area contributed by atoms with E-state index in [1.54, 1.807) is 21.6 Å². The molecule has 0 heterocycles. The number of amides is 2. The second-order valence-electron chi connectivity index (χ2n) is 6.57. The maximum atomic E-state index is 11.3. The molecule has 8 nitrogen and oxygen atoms in total. The van der Waals surface area contributed by atoms with Crippen LogP contribution in [0.25, 0.3) is 0 Å². The number of rotatable bonds is 19. The molecule has 0 aliphatic carbocycles. The quantitative estimate of drug-likeness (QED) is 0.144. The third-order valence-corrected chi connectivity index (χ3v) is 9.88. The lowest BCUT2D eigenvalue weighted by Crippen LogP contribution is -2.41. The van der Waals surface area contributed by atoms with Crippen molar-refractivity contribution in [3.05, 3.63) is 0 Å². The average Bonchev–Trinajstić information content (AvgIpc) is 2.67. The molecule has 31 heavy (non-hydrogen) atoms. The third kappa shape index (κ3) is 17.8. The largest absolute Gasteiger partial charge is 0.480 e. The predicted molar refractivity (Wildman–Crippen MR) is 136 cm³/mol. The maximum Gasteiger partial charge on any atom is 0.327 e. The number of carbonyl (C=O) groups is 4. The smallest absolute Gasteiger partial charge is 0.327 e. The van der Waals surface area contributed by atoms with E-state index in [1.807, 2.05) is 11.8 Å². The molecule has 0 radical (unpaired) electrons. The molecule has 0 spiro atoms. The predicted octanol–water partition coefficient (Wildman–Crippen LogP) is 3.22. The molecule has 0 saturated carbocycles. The van der Waals surface area contributed by atoms with Crippen molar-refractivity contribution in [1.29, 1.82) is 0 Å². The van der Waals surface area contributed by atoms with Crippen LogP contribution in [-0.2, 0) is 19.2 Å². The van der Waals surface area contributed by atoms with Crippen molar-refractivity contribution in [3.8, 4) is 0 Å². The molecule has 0 fully saturated rings. The summed E-state index contributed by atoms with van der Waals surface area (Å²) in [4.78, 5) is 44.6. The number of hydrogen-bond acceptors (Lipinski definition) is 9. The Morgan fingerprint density at radius 2 is 1.32 bits per heavy atom. The maximum absolute atomic E-state index is 11.3. The lowest BCUT2D eigenvalue weighted by Gasteiger charge is -2.18. The van der Waals surface area contributed by atoms with Gasteiger partial charge in [0.05, 0.1) is 0 Å². The Morgan fingerprint density at radius 3 is 1.81 bits per heavy atom. The molecule has 3 atom stereocenters. The Labute approximate surface area is 204 Å². The fraction of sp³-hybridized carbons (Fsp3) is 0.778. The zero-order valence-corrected chi connectivity index (χ0v) is 22.0. The van der Waals surface area contributed by atoms with Gasteiger partial charge in [-0.15, -0.1) is 0 Å². The van der Waals surface area contributed by atoms with E-state index < -0.39 is 24.0 Å². The first-order valence-electron chi connectivity index (χ1n) is 9.68. The van der Waals surface area contributed by atoms with Crippen LogP contribution in [0.4, 0.5) is 0 Å². The van der Waals surface area contributed by atoms with Crippen molar-refractivity contribution >= 4 is 78.7 Å². The summed E-state index contributed by atoms with van der Waals surface area (Å²) in [7, 11) is 6.11. The van der Waals surface area contributed by atoms with E-state index in [4.69, 9.17) is 5.11 Å². The number of unbranched alkanes of at least 4 members (excludes halogenated alkanes) is 1. The molecule has 0 saturated heterocycles. The molecule has 0 unspecified atom stereocenters. The number of carboxylic acids is 2. The van der Waals surface area contributed by atoms with Crippen LogP contribution < -0.4 is 10.6 Å². The van der Waals surface area contributed by atoms with Gasteiger partial charge in [-0.25, -0.2) is 9.59 Å². The minimum atomic E-state index is -1.05. The highest BCUT2D eigenvalue weighted by Crippen LogP contribution is 2.35. The molecule has 4 N–H and O–H groups in total. The van der Waals surface area contributed by atoms with Crippen LogP contribution in [0, 0.1) is 0 Å². The van der Waals surface area contributed by atoms with E-state index in [0.717, 1.165) is 37.2 Å².